The maximum Gasteiger partial charge on any atom is -0.0386 e. The van der Waals surface area contributed by atoms with Crippen molar-refractivity contribution >= 4 is 0 Å². The van der Waals surface area contributed by atoms with Crippen LogP contribution >= 0.6 is 0 Å². The molecule has 0 aromatic heterocycles. The number of hydrogen-bond donors (Lipinski definition) is 0. The molecule has 1 saturated carbocycles. The Morgan fingerprint density at radius 2 is 2.25 bits per heavy atom. The van der Waals surface area contributed by atoms with Crippen molar-refractivity contribution in [3.63, 3.8) is 0 Å². The molecular weight excluding hydrogens is 96.1 g/mol. The fraction of sp³-hybridized carbons (Fsp3) is 0.875. The van der Waals surface area contributed by atoms with Gasteiger partial charge in [0.1, 0.15) is 0 Å². The van der Waals surface area contributed by atoms with Gasteiger partial charge in [0.2, 0.25) is 0 Å². The summed E-state index contributed by atoms with van der Waals surface area (Å²) in [6.07, 6.45) is 6.59. The van der Waals surface area contributed by atoms with Crippen molar-refractivity contribution in [1.29, 1.82) is 0 Å². The number of rotatable bonds is 2. The quantitative estimate of drug-likeness (QED) is 0.514. The third-order valence-corrected chi connectivity index (χ3v) is 2.34. The van der Waals surface area contributed by atoms with Crippen LogP contribution in [0.3, 0.4) is 0 Å². The summed E-state index contributed by atoms with van der Waals surface area (Å²) in [7, 11) is 0. The lowest BCUT2D eigenvalue weighted by atomic mass is 9.73. The monoisotopic (exact) mass is 111 g/mol. The van der Waals surface area contributed by atoms with Gasteiger partial charge in [0.25, 0.3) is 0 Å². The smallest absolute Gasteiger partial charge is 0.0386 e. The average molecular weight is 111 g/mol. The average Bonchev–Trinajstić information content (AvgIpc) is 1.79. The first-order chi connectivity index (χ1) is 3.84. The van der Waals surface area contributed by atoms with E-state index in [0.717, 1.165) is 11.8 Å². The van der Waals surface area contributed by atoms with Crippen molar-refractivity contribution in [3.05, 3.63) is 6.42 Å². The van der Waals surface area contributed by atoms with E-state index in [4.69, 9.17) is 0 Å². The molecule has 1 aliphatic carbocycles. The summed E-state index contributed by atoms with van der Waals surface area (Å²) in [6, 6.07) is 0. The molecule has 8 heavy (non-hydrogen) atoms. The van der Waals surface area contributed by atoms with E-state index in [1.807, 2.05) is 0 Å². The van der Waals surface area contributed by atoms with Gasteiger partial charge in [0.05, 0.1) is 0 Å². The largest absolute Gasteiger partial charge is 0.0622 e. The highest BCUT2D eigenvalue weighted by Gasteiger charge is 2.24. The van der Waals surface area contributed by atoms with Crippen LogP contribution in [0.4, 0.5) is 0 Å². The molecule has 1 unspecified atom stereocenters. The van der Waals surface area contributed by atoms with Crippen LogP contribution in [0.2, 0.25) is 0 Å². The second-order valence-corrected chi connectivity index (χ2v) is 2.96. The molecule has 0 aliphatic heterocycles. The molecule has 1 radical (unpaired) electrons. The molecule has 0 heteroatoms. The van der Waals surface area contributed by atoms with E-state index in [2.05, 4.69) is 20.3 Å². The molecule has 0 heterocycles. The Hall–Kier alpha value is 0. The third-order valence-electron chi connectivity index (χ3n) is 2.34. The molecule has 0 N–H and O–H groups in total. The van der Waals surface area contributed by atoms with Gasteiger partial charge < -0.3 is 0 Å². The zero-order valence-corrected chi connectivity index (χ0v) is 5.85. The van der Waals surface area contributed by atoms with Gasteiger partial charge in [0.15, 0.2) is 0 Å². The van der Waals surface area contributed by atoms with Gasteiger partial charge in [-0.05, 0) is 31.1 Å². The highest BCUT2D eigenvalue weighted by Crippen LogP contribution is 2.36. The lowest BCUT2D eigenvalue weighted by Gasteiger charge is -2.33. The Morgan fingerprint density at radius 3 is 2.38 bits per heavy atom. The van der Waals surface area contributed by atoms with Crippen LogP contribution in [-0.2, 0) is 0 Å². The molecule has 0 aromatic rings. The van der Waals surface area contributed by atoms with Gasteiger partial charge in [-0.1, -0.05) is 20.3 Å². The summed E-state index contributed by atoms with van der Waals surface area (Å²) < 4.78 is 0. The molecule has 0 bridgehead atoms. The Labute approximate surface area is 52.3 Å². The van der Waals surface area contributed by atoms with Crippen LogP contribution in [0.5, 0.6) is 0 Å². The summed E-state index contributed by atoms with van der Waals surface area (Å²) in [5, 5.41) is 0. The van der Waals surface area contributed by atoms with Gasteiger partial charge in [-0.25, -0.2) is 0 Å². The van der Waals surface area contributed by atoms with Gasteiger partial charge in [0, 0.05) is 0 Å². The molecule has 0 nitrogen and oxygen atoms in total. The second kappa shape index (κ2) is 2.52. The highest BCUT2D eigenvalue weighted by atomic mass is 14.3. The topological polar surface area (TPSA) is 0 Å². The van der Waals surface area contributed by atoms with Gasteiger partial charge in [-0.2, -0.15) is 0 Å². The molecule has 1 fully saturated rings. The van der Waals surface area contributed by atoms with Gasteiger partial charge >= 0.3 is 0 Å². The summed E-state index contributed by atoms with van der Waals surface area (Å²) in [6.45, 7) is 4.52. The zero-order chi connectivity index (χ0) is 5.98. The summed E-state index contributed by atoms with van der Waals surface area (Å²) >= 11 is 0. The van der Waals surface area contributed by atoms with Crippen molar-refractivity contribution in [2.45, 2.75) is 33.1 Å². The molecule has 0 aromatic carbocycles. The maximum absolute atomic E-state index is 2.36. The molecule has 0 spiro atoms. The van der Waals surface area contributed by atoms with E-state index in [9.17, 15) is 0 Å². The normalized spacial score (nSPS) is 36.8. The second-order valence-electron chi connectivity index (χ2n) is 2.96. The van der Waals surface area contributed by atoms with E-state index >= 15 is 0 Å². The minimum atomic E-state index is 1.02. The van der Waals surface area contributed by atoms with Crippen molar-refractivity contribution in [1.82, 2.24) is 0 Å². The van der Waals surface area contributed by atoms with Crippen LogP contribution in [0.15, 0.2) is 0 Å². The van der Waals surface area contributed by atoms with E-state index in [0.29, 0.717) is 0 Å². The Morgan fingerprint density at radius 1 is 1.50 bits per heavy atom. The summed E-state index contributed by atoms with van der Waals surface area (Å²) in [5.74, 6) is 2.06. The summed E-state index contributed by atoms with van der Waals surface area (Å²) in [5.41, 5.74) is 0. The van der Waals surface area contributed by atoms with Gasteiger partial charge in [-0.3, -0.25) is 0 Å². The lowest BCUT2D eigenvalue weighted by molar-refractivity contribution is 0.194. The van der Waals surface area contributed by atoms with Crippen molar-refractivity contribution in [3.8, 4) is 0 Å². The lowest BCUT2D eigenvalue weighted by Crippen LogP contribution is -2.22. The minimum absolute atomic E-state index is 1.02. The first-order valence-corrected chi connectivity index (χ1v) is 3.62. The van der Waals surface area contributed by atoms with Crippen molar-refractivity contribution in [2.24, 2.45) is 11.8 Å². The Balaban J connectivity index is 2.08. The van der Waals surface area contributed by atoms with Crippen LogP contribution in [0.25, 0.3) is 0 Å². The first kappa shape index (κ1) is 6.12. The predicted octanol–water partition coefficient (Wildman–Crippen LogP) is 2.65. The van der Waals surface area contributed by atoms with Crippen LogP contribution in [-0.4, -0.2) is 0 Å². The summed E-state index contributed by atoms with van der Waals surface area (Å²) in [4.78, 5) is 0. The zero-order valence-electron chi connectivity index (χ0n) is 5.85. The Kier molecular flexibility index (Phi) is 1.93. The highest BCUT2D eigenvalue weighted by molar-refractivity contribution is 4.80. The SMILES string of the molecule is C[CH]CC1CC[C@H]1C. The third kappa shape index (κ3) is 1.04. The van der Waals surface area contributed by atoms with E-state index in [-0.39, 0.29) is 0 Å². The molecular formula is C8H15. The first-order valence-electron chi connectivity index (χ1n) is 3.62. The molecule has 2 atom stereocenters. The van der Waals surface area contributed by atoms with E-state index in [1.165, 1.54) is 19.3 Å². The fourth-order valence-electron chi connectivity index (χ4n) is 1.39. The van der Waals surface area contributed by atoms with Crippen molar-refractivity contribution in [2.75, 3.05) is 0 Å². The molecule has 0 amide bonds. The Bertz CT molecular complexity index is 66.4. The standard InChI is InChI=1S/C8H15/c1-3-4-8-6-5-7(8)2/h3,7-8H,4-6H2,1-2H3/t7-,8?/m1/s1. The fourth-order valence-corrected chi connectivity index (χ4v) is 1.39. The van der Waals surface area contributed by atoms with E-state index < -0.39 is 0 Å². The number of hydrogen-bond acceptors (Lipinski definition) is 0. The molecule has 0 saturated heterocycles. The predicted molar refractivity (Wildman–Crippen MR) is 36.5 cm³/mol. The molecule has 1 rings (SSSR count). The van der Waals surface area contributed by atoms with Crippen molar-refractivity contribution < 1.29 is 0 Å². The van der Waals surface area contributed by atoms with Crippen LogP contribution in [0, 0.1) is 18.3 Å². The minimum Gasteiger partial charge on any atom is -0.0622 e. The molecule has 47 valence electrons. The van der Waals surface area contributed by atoms with Crippen LogP contribution in [0.1, 0.15) is 33.1 Å². The van der Waals surface area contributed by atoms with E-state index in [1.54, 1.807) is 0 Å². The maximum atomic E-state index is 2.36. The van der Waals surface area contributed by atoms with Gasteiger partial charge in [-0.15, -0.1) is 0 Å². The van der Waals surface area contributed by atoms with Crippen LogP contribution < -0.4 is 0 Å². The molecule has 1 aliphatic rings.